The number of benzene rings is 1. The Morgan fingerprint density at radius 2 is 2.00 bits per heavy atom. The highest BCUT2D eigenvalue weighted by Gasteiger charge is 2.51. The quantitative estimate of drug-likeness (QED) is 0.890. The number of carbonyl (C=O) groups excluding carboxylic acids is 1. The van der Waals surface area contributed by atoms with E-state index in [2.05, 4.69) is 15.2 Å². The average Bonchev–Trinajstić information content (AvgIpc) is 3.33. The topological polar surface area (TPSA) is 54.5 Å². The molecule has 1 saturated heterocycles. The van der Waals surface area contributed by atoms with Crippen LogP contribution in [0.15, 0.2) is 29.6 Å². The lowest BCUT2D eigenvalue weighted by Crippen LogP contribution is -2.35. The zero-order valence-electron chi connectivity index (χ0n) is 13.8. The van der Waals surface area contributed by atoms with E-state index in [1.54, 1.807) is 12.1 Å². The summed E-state index contributed by atoms with van der Waals surface area (Å²) in [5.74, 6) is -0.334. The van der Waals surface area contributed by atoms with E-state index in [0.29, 0.717) is 5.13 Å². The number of anilines is 1. The summed E-state index contributed by atoms with van der Waals surface area (Å²) in [7, 11) is 0. The Morgan fingerprint density at radius 1 is 1.28 bits per heavy atom. The third-order valence-electron chi connectivity index (χ3n) is 4.84. The first-order valence-electron chi connectivity index (χ1n) is 8.48. The highest BCUT2D eigenvalue weighted by molar-refractivity contribution is 7.13. The highest BCUT2D eigenvalue weighted by atomic mass is 32.1. The van der Waals surface area contributed by atoms with Crippen LogP contribution in [-0.4, -0.2) is 42.1 Å². The molecule has 1 aromatic carbocycles. The average molecular weight is 361 g/mol. The first kappa shape index (κ1) is 16.6. The second kappa shape index (κ2) is 6.82. The van der Waals surface area contributed by atoms with Gasteiger partial charge in [-0.15, -0.1) is 11.3 Å². The maximum absolute atomic E-state index is 13.1. The molecular formula is C18H20FN3O2S. The monoisotopic (exact) mass is 361 g/mol. The molecule has 1 saturated carbocycles. The number of nitrogens with zero attached hydrogens (tertiary/aromatic N) is 2. The zero-order valence-corrected chi connectivity index (χ0v) is 14.7. The van der Waals surface area contributed by atoms with Gasteiger partial charge in [0.1, 0.15) is 5.82 Å². The van der Waals surface area contributed by atoms with Crippen molar-refractivity contribution < 1.29 is 13.9 Å². The largest absolute Gasteiger partial charge is 0.379 e. The molecule has 25 heavy (non-hydrogen) atoms. The van der Waals surface area contributed by atoms with Crippen LogP contribution >= 0.6 is 11.3 Å². The first-order chi connectivity index (χ1) is 12.2. The number of ether oxygens (including phenoxy) is 1. The van der Waals surface area contributed by atoms with Crippen molar-refractivity contribution >= 4 is 22.4 Å². The lowest BCUT2D eigenvalue weighted by Gasteiger charge is -2.25. The molecule has 0 unspecified atom stereocenters. The fourth-order valence-corrected chi connectivity index (χ4v) is 3.88. The molecule has 0 atom stereocenters. The SMILES string of the molecule is O=C(Nc1nc(CN2CCOCC2)cs1)C1(c2ccc(F)cc2)CC1. The standard InChI is InChI=1S/C18H20FN3O2S/c19-14-3-1-13(2-4-14)18(5-6-18)16(23)21-17-20-15(12-25-17)11-22-7-9-24-10-8-22/h1-4,12H,5-11H2,(H,20,21,23). The van der Waals surface area contributed by atoms with Gasteiger partial charge >= 0.3 is 0 Å². The second-order valence-electron chi connectivity index (χ2n) is 6.58. The first-order valence-corrected chi connectivity index (χ1v) is 9.36. The van der Waals surface area contributed by atoms with Crippen LogP contribution in [0.4, 0.5) is 9.52 Å². The molecule has 1 amide bonds. The highest BCUT2D eigenvalue weighted by Crippen LogP contribution is 2.49. The van der Waals surface area contributed by atoms with E-state index in [0.717, 1.165) is 56.9 Å². The van der Waals surface area contributed by atoms with Gasteiger partial charge in [-0.1, -0.05) is 12.1 Å². The fourth-order valence-electron chi connectivity index (χ4n) is 3.18. The summed E-state index contributed by atoms with van der Waals surface area (Å²) in [4.78, 5) is 19.6. The Hall–Kier alpha value is -1.83. The normalized spacial score (nSPS) is 19.6. The summed E-state index contributed by atoms with van der Waals surface area (Å²) < 4.78 is 18.5. The lowest BCUT2D eigenvalue weighted by molar-refractivity contribution is -0.118. The molecule has 0 bridgehead atoms. The molecule has 4 rings (SSSR count). The molecule has 2 aliphatic rings. The summed E-state index contributed by atoms with van der Waals surface area (Å²) in [5, 5.41) is 5.56. The number of carbonyl (C=O) groups is 1. The van der Waals surface area contributed by atoms with E-state index < -0.39 is 5.41 Å². The Bertz CT molecular complexity index is 752. The summed E-state index contributed by atoms with van der Waals surface area (Å²) >= 11 is 1.45. The van der Waals surface area contributed by atoms with Crippen molar-refractivity contribution in [2.45, 2.75) is 24.8 Å². The summed E-state index contributed by atoms with van der Waals surface area (Å²) in [6, 6.07) is 6.22. The van der Waals surface area contributed by atoms with Crippen LogP contribution in [0.3, 0.4) is 0 Å². The summed E-state index contributed by atoms with van der Waals surface area (Å²) in [6.07, 6.45) is 1.58. The predicted molar refractivity (Wildman–Crippen MR) is 94.2 cm³/mol. The van der Waals surface area contributed by atoms with E-state index in [-0.39, 0.29) is 11.7 Å². The van der Waals surface area contributed by atoms with Crippen molar-refractivity contribution in [2.75, 3.05) is 31.6 Å². The fraction of sp³-hybridized carbons (Fsp3) is 0.444. The van der Waals surface area contributed by atoms with Gasteiger partial charge in [0.25, 0.3) is 0 Å². The maximum Gasteiger partial charge on any atom is 0.236 e. The predicted octanol–water partition coefficient (Wildman–Crippen LogP) is 2.78. The van der Waals surface area contributed by atoms with Crippen LogP contribution in [-0.2, 0) is 21.5 Å². The minimum absolute atomic E-state index is 0.0496. The third kappa shape index (κ3) is 3.58. The lowest BCUT2D eigenvalue weighted by atomic mass is 9.95. The minimum atomic E-state index is -0.524. The van der Waals surface area contributed by atoms with E-state index in [9.17, 15) is 9.18 Å². The van der Waals surface area contributed by atoms with Crippen LogP contribution in [0.1, 0.15) is 24.1 Å². The van der Waals surface area contributed by atoms with Crippen LogP contribution in [0.5, 0.6) is 0 Å². The van der Waals surface area contributed by atoms with Crippen molar-refractivity contribution in [3.8, 4) is 0 Å². The Morgan fingerprint density at radius 3 is 2.68 bits per heavy atom. The number of amides is 1. The number of hydrogen-bond acceptors (Lipinski definition) is 5. The molecule has 2 aromatic rings. The van der Waals surface area contributed by atoms with Gasteiger partial charge in [-0.05, 0) is 30.5 Å². The second-order valence-corrected chi connectivity index (χ2v) is 7.43. The van der Waals surface area contributed by atoms with E-state index >= 15 is 0 Å². The molecule has 1 aliphatic heterocycles. The van der Waals surface area contributed by atoms with Crippen molar-refractivity contribution in [1.29, 1.82) is 0 Å². The molecule has 132 valence electrons. The molecule has 2 heterocycles. The Balaban J connectivity index is 1.40. The summed E-state index contributed by atoms with van der Waals surface area (Å²) in [6.45, 7) is 4.11. The van der Waals surface area contributed by atoms with Gasteiger partial charge in [0.05, 0.1) is 24.3 Å². The number of nitrogens with one attached hydrogen (secondary N) is 1. The van der Waals surface area contributed by atoms with Gasteiger partial charge in [0.2, 0.25) is 5.91 Å². The van der Waals surface area contributed by atoms with Crippen molar-refractivity contribution in [1.82, 2.24) is 9.88 Å². The minimum Gasteiger partial charge on any atom is -0.379 e. The van der Waals surface area contributed by atoms with Gasteiger partial charge in [0.15, 0.2) is 5.13 Å². The van der Waals surface area contributed by atoms with Gasteiger partial charge in [-0.25, -0.2) is 9.37 Å². The molecule has 1 aromatic heterocycles. The number of aromatic nitrogens is 1. The molecule has 2 fully saturated rings. The molecule has 5 nitrogen and oxygen atoms in total. The third-order valence-corrected chi connectivity index (χ3v) is 5.65. The van der Waals surface area contributed by atoms with Crippen LogP contribution in [0, 0.1) is 5.82 Å². The van der Waals surface area contributed by atoms with E-state index in [1.165, 1.54) is 23.5 Å². The Kier molecular flexibility index (Phi) is 4.54. The maximum atomic E-state index is 13.1. The number of rotatable bonds is 5. The molecular weight excluding hydrogens is 341 g/mol. The van der Waals surface area contributed by atoms with Gasteiger partial charge < -0.3 is 10.1 Å². The zero-order chi connectivity index (χ0) is 17.3. The number of thiazole rings is 1. The van der Waals surface area contributed by atoms with E-state index in [4.69, 9.17) is 4.74 Å². The van der Waals surface area contributed by atoms with Crippen molar-refractivity contribution in [2.24, 2.45) is 0 Å². The van der Waals surface area contributed by atoms with Crippen LogP contribution in [0.25, 0.3) is 0 Å². The smallest absolute Gasteiger partial charge is 0.236 e. The number of morpholine rings is 1. The van der Waals surface area contributed by atoms with Crippen LogP contribution in [0.2, 0.25) is 0 Å². The van der Waals surface area contributed by atoms with Gasteiger partial charge in [-0.3, -0.25) is 9.69 Å². The molecule has 0 spiro atoms. The van der Waals surface area contributed by atoms with Crippen LogP contribution < -0.4 is 5.32 Å². The van der Waals surface area contributed by atoms with E-state index in [1.807, 2.05) is 5.38 Å². The Labute approximate surface area is 149 Å². The number of hydrogen-bond donors (Lipinski definition) is 1. The molecule has 0 radical (unpaired) electrons. The molecule has 7 heteroatoms. The van der Waals surface area contributed by atoms with Crippen molar-refractivity contribution in [3.05, 3.63) is 46.7 Å². The molecule has 1 N–H and O–H groups in total. The van der Waals surface area contributed by atoms with Crippen molar-refractivity contribution in [3.63, 3.8) is 0 Å². The number of halogens is 1. The van der Waals surface area contributed by atoms with Gasteiger partial charge in [0, 0.05) is 25.0 Å². The van der Waals surface area contributed by atoms with Gasteiger partial charge in [-0.2, -0.15) is 0 Å². The molecule has 1 aliphatic carbocycles. The summed E-state index contributed by atoms with van der Waals surface area (Å²) in [5.41, 5.74) is 1.31.